The Hall–Kier alpha value is -11.3. The molecule has 0 amide bonds. The van der Waals surface area contributed by atoms with Gasteiger partial charge in [-0.25, -0.2) is 167 Å². The number of benzene rings is 17. The average Bonchev–Trinajstić information content (AvgIpc) is 0.556. The minimum atomic E-state index is -10.9. The van der Waals surface area contributed by atoms with Crippen LogP contribution in [0.5, 0.6) is 0 Å². The average molecular weight is 1640 g/mol. The van der Waals surface area contributed by atoms with E-state index in [-0.39, 0.29) is 5.82 Å². The van der Waals surface area contributed by atoms with Crippen LogP contribution < -0.4 is 22.6 Å². The Morgan fingerprint density at radius 1 is 0.161 bits per heavy atom. The molecule has 17 aromatic rings. The Morgan fingerprint density at radius 2 is 0.295 bits per heavy atom. The highest BCUT2D eigenvalue weighted by atomic mass is 27.2. The normalized spacial score (nSPS) is 12.7. The molecule has 0 spiro atoms. The SMILES string of the molecule is C[NH+](C)c1cc(F)ccc1F.Fc1c(F)c2c(F)c(F)c3c(F)c(F)[c]([Al-]([c]4c(F)c(F)c5c(F)c(F)c6c(F)c(F)c(F)c7c(F)c(F)c4c5c67)([c]4c(F)c(F)c5c(F)c(F)c6c(F)c(F)c(F)c7c(F)c(F)c4c5c67)[c]4c(F)c(F)c5c(F)c(F)c6c(F)c(F)c(F)c7c(F)c(F)c4c5c67)c4c(F)c(F)c(c1F)c2c34. The molecule has 0 saturated carbocycles. The quantitative estimate of drug-likeness (QED) is 0.0758. The molecular formula is C72H10AlF38N. The molecule has 1 nitrogen and oxygen atoms in total. The molecule has 0 aromatic heterocycles. The fraction of sp³-hybridized carbons (Fsp3) is 0.0278. The van der Waals surface area contributed by atoms with Crippen LogP contribution in [0.1, 0.15) is 0 Å². The molecule has 0 fully saturated rings. The van der Waals surface area contributed by atoms with Gasteiger partial charge in [0, 0.05) is 49.2 Å². The highest BCUT2D eigenvalue weighted by molar-refractivity contribution is 7.23. The Balaban J connectivity index is 0.000000796. The van der Waals surface area contributed by atoms with E-state index in [0.29, 0.717) is 5.69 Å². The van der Waals surface area contributed by atoms with Crippen molar-refractivity contribution in [2.75, 3.05) is 14.1 Å². The van der Waals surface area contributed by atoms with E-state index >= 15 is 158 Å². The van der Waals surface area contributed by atoms with E-state index in [1.807, 2.05) is 0 Å². The van der Waals surface area contributed by atoms with Gasteiger partial charge in [-0.05, 0) is 33.7 Å². The van der Waals surface area contributed by atoms with Crippen LogP contribution in [0.4, 0.5) is 173 Å². The molecule has 0 heterocycles. The predicted molar refractivity (Wildman–Crippen MR) is 322 cm³/mol. The highest BCUT2D eigenvalue weighted by Crippen LogP contribution is 2.53. The molecule has 0 radical (unpaired) electrons. The lowest BCUT2D eigenvalue weighted by atomic mass is 9.90. The third-order valence-corrected chi connectivity index (χ3v) is 25.9. The first-order valence-corrected chi connectivity index (χ1v) is 32.6. The van der Waals surface area contributed by atoms with Crippen LogP contribution >= 0.6 is 0 Å². The molecule has 112 heavy (non-hydrogen) atoms. The van der Waals surface area contributed by atoms with Gasteiger partial charge in [0.25, 0.3) is 13.1 Å². The molecule has 0 aliphatic rings. The summed E-state index contributed by atoms with van der Waals surface area (Å²) in [6.45, 7) is 0. The molecule has 0 bridgehead atoms. The number of halogens is 38. The van der Waals surface area contributed by atoms with Crippen LogP contribution in [-0.2, 0) is 0 Å². The van der Waals surface area contributed by atoms with Crippen molar-refractivity contribution in [1.29, 1.82) is 0 Å². The molecule has 17 aromatic carbocycles. The van der Waals surface area contributed by atoms with Gasteiger partial charge in [0.2, 0.25) is 0 Å². The van der Waals surface area contributed by atoms with Gasteiger partial charge in [-0.3, -0.25) is 0 Å². The molecule has 1 N–H and O–H groups in total. The lowest BCUT2D eigenvalue weighted by Gasteiger charge is -2.45. The summed E-state index contributed by atoms with van der Waals surface area (Å²) in [5, 5.41) is -70.8. The summed E-state index contributed by atoms with van der Waals surface area (Å²) in [6, 6.07) is 3.45. The Morgan fingerprint density at radius 3 is 0.446 bits per heavy atom. The molecule has 0 unspecified atom stereocenters. The van der Waals surface area contributed by atoms with E-state index in [1.165, 1.54) is 6.07 Å². The van der Waals surface area contributed by atoms with Crippen LogP contribution in [0.15, 0.2) is 18.2 Å². The van der Waals surface area contributed by atoms with Crippen LogP contribution in [0.25, 0.3) is 129 Å². The van der Waals surface area contributed by atoms with E-state index in [9.17, 15) is 8.78 Å². The lowest BCUT2D eigenvalue weighted by molar-refractivity contribution is -0.787. The van der Waals surface area contributed by atoms with E-state index in [1.54, 1.807) is 14.1 Å². The maximum atomic E-state index is 19.4. The second-order valence-electron chi connectivity index (χ2n) is 25.4. The van der Waals surface area contributed by atoms with E-state index < -0.39 is 375 Å². The minimum absolute atomic E-state index is 0.352. The molecule has 17 rings (SSSR count). The molecule has 0 atom stereocenters. The van der Waals surface area contributed by atoms with Gasteiger partial charge in [-0.2, -0.15) is 17.7 Å². The number of hydrogen-bond donors (Lipinski definition) is 1. The van der Waals surface area contributed by atoms with Crippen LogP contribution in [-0.4, -0.2) is 27.2 Å². The second kappa shape index (κ2) is 23.9. The van der Waals surface area contributed by atoms with Crippen LogP contribution in [0, 0.1) is 221 Å². The zero-order chi connectivity index (χ0) is 81.9. The number of nitrogens with one attached hydrogen (secondary N) is 1. The summed E-state index contributed by atoms with van der Waals surface area (Å²) in [5.74, 6) is -129. The molecular weight excluding hydrogens is 1630 g/mol. The van der Waals surface area contributed by atoms with Gasteiger partial charge < -0.3 is 4.90 Å². The monoisotopic (exact) mass is 1640 g/mol. The smallest absolute Gasteiger partial charge is 0.286 e. The van der Waals surface area contributed by atoms with Crippen molar-refractivity contribution in [3.8, 4) is 0 Å². The summed E-state index contributed by atoms with van der Waals surface area (Å²) >= 11 is -10.9. The molecule has 572 valence electrons. The summed E-state index contributed by atoms with van der Waals surface area (Å²) in [7, 11) is 3.50. The largest absolute Gasteiger partial charge is 0.305 e. The van der Waals surface area contributed by atoms with Gasteiger partial charge in [-0.15, -0.1) is 0 Å². The predicted octanol–water partition coefficient (Wildman–Crippen LogP) is 20.4. The van der Waals surface area contributed by atoms with Gasteiger partial charge in [0.1, 0.15) is 29.1 Å². The van der Waals surface area contributed by atoms with Crippen molar-refractivity contribution < 1.29 is 172 Å². The maximum absolute atomic E-state index is 19.4. The first-order valence-electron chi connectivity index (χ1n) is 30.3. The number of rotatable bonds is 5. The third kappa shape index (κ3) is 8.47. The second-order valence-corrected chi connectivity index (χ2v) is 29.5. The van der Waals surface area contributed by atoms with Crippen molar-refractivity contribution in [2.45, 2.75) is 0 Å². The van der Waals surface area contributed by atoms with Crippen molar-refractivity contribution in [1.82, 2.24) is 0 Å². The van der Waals surface area contributed by atoms with Gasteiger partial charge >= 0.3 is 0 Å². The van der Waals surface area contributed by atoms with E-state index in [4.69, 9.17) is 0 Å². The third-order valence-electron chi connectivity index (χ3n) is 20.2. The Kier molecular flexibility index (Phi) is 16.0. The number of hydrogen-bond acceptors (Lipinski definition) is 0. The van der Waals surface area contributed by atoms with E-state index in [2.05, 4.69) is 0 Å². The molecule has 0 aliphatic carbocycles. The van der Waals surface area contributed by atoms with Gasteiger partial charge in [-0.1, -0.05) is 0 Å². The first kappa shape index (κ1) is 74.8. The highest BCUT2D eigenvalue weighted by Gasteiger charge is 2.56. The van der Waals surface area contributed by atoms with Crippen LogP contribution in [0.2, 0.25) is 0 Å². The van der Waals surface area contributed by atoms with E-state index in [0.717, 1.165) is 17.0 Å². The molecule has 0 aliphatic heterocycles. The van der Waals surface area contributed by atoms with Crippen molar-refractivity contribution >= 4 is 166 Å². The Bertz CT molecular complexity index is 6470. The minimum Gasteiger partial charge on any atom is -0.305 e. The first-order chi connectivity index (χ1) is 52.4. The van der Waals surface area contributed by atoms with Gasteiger partial charge in [0.05, 0.1) is 78.7 Å². The summed E-state index contributed by atoms with van der Waals surface area (Å²) in [6.07, 6.45) is 0. The van der Waals surface area contributed by atoms with Crippen LogP contribution in [0.3, 0.4) is 0 Å². The topological polar surface area (TPSA) is 4.44 Å². The standard InChI is InChI=1S/4C16F9.C8H9F2N.Al/c4*17-3-1-2-4-5-7(11(20)9(2)18)14(23)16(25)15(24)8(5)13(22)12(21)6(4)10(3)19;1-11(2)8-5-6(9)3-4-7(8)10;/h;;;;3-5H,1-2H3;/q;;;;;-1/p+1. The van der Waals surface area contributed by atoms with Crippen molar-refractivity contribution in [3.63, 3.8) is 0 Å². The Labute approximate surface area is 589 Å². The molecule has 40 heteroatoms. The molecule has 0 saturated heterocycles. The lowest BCUT2D eigenvalue weighted by Crippen LogP contribution is -3.00. The zero-order valence-corrected chi connectivity index (χ0v) is 53.8. The zero-order valence-electron chi connectivity index (χ0n) is 52.7. The summed E-state index contributed by atoms with van der Waals surface area (Å²) in [4.78, 5) is 0.780. The maximum Gasteiger partial charge on any atom is 0.286 e. The fourth-order valence-corrected chi connectivity index (χ4v) is 22.6. The van der Waals surface area contributed by atoms with Gasteiger partial charge in [0.15, 0.2) is 198 Å². The summed E-state index contributed by atoms with van der Waals surface area (Å²) < 4.78 is 631. The fourth-order valence-electron chi connectivity index (χ4n) is 16.0. The summed E-state index contributed by atoms with van der Waals surface area (Å²) in [5.41, 5.74) is 0.352. The number of quaternary nitrogens is 1. The van der Waals surface area contributed by atoms with Crippen molar-refractivity contribution in [2.24, 2.45) is 0 Å². The van der Waals surface area contributed by atoms with Crippen molar-refractivity contribution in [3.05, 3.63) is 239 Å².